The number of thiophene rings is 1. The van der Waals surface area contributed by atoms with Gasteiger partial charge in [0.15, 0.2) is 5.78 Å². The molecule has 1 atom stereocenters. The fourth-order valence-corrected chi connectivity index (χ4v) is 2.85. The number of amides is 1. The van der Waals surface area contributed by atoms with Crippen LogP contribution in [0, 0.1) is 5.92 Å². The number of rotatable bonds is 3. The Labute approximate surface area is 108 Å². The molecule has 1 saturated heterocycles. The lowest BCUT2D eigenvalue weighted by Gasteiger charge is -2.14. The van der Waals surface area contributed by atoms with Crippen molar-refractivity contribution in [3.05, 3.63) is 21.9 Å². The number of likely N-dealkylation sites (tertiary alicyclic amines) is 1. The third-order valence-electron chi connectivity index (χ3n) is 3.04. The summed E-state index contributed by atoms with van der Waals surface area (Å²) >= 11 is 1.22. The van der Waals surface area contributed by atoms with Crippen LogP contribution in [0.3, 0.4) is 0 Å². The van der Waals surface area contributed by atoms with Gasteiger partial charge in [-0.3, -0.25) is 14.4 Å². The highest BCUT2D eigenvalue weighted by atomic mass is 32.1. The molecule has 6 heteroatoms. The zero-order chi connectivity index (χ0) is 13.3. The minimum absolute atomic E-state index is 0.0739. The first-order valence-corrected chi connectivity index (χ1v) is 6.48. The first-order chi connectivity index (χ1) is 8.49. The minimum atomic E-state index is -0.860. The van der Waals surface area contributed by atoms with Crippen molar-refractivity contribution in [3.8, 4) is 0 Å². The van der Waals surface area contributed by atoms with Gasteiger partial charge in [-0.15, -0.1) is 11.3 Å². The Morgan fingerprint density at radius 1 is 1.44 bits per heavy atom. The maximum atomic E-state index is 12.1. The van der Waals surface area contributed by atoms with E-state index in [1.165, 1.54) is 23.2 Å². The van der Waals surface area contributed by atoms with Gasteiger partial charge >= 0.3 is 5.97 Å². The quantitative estimate of drug-likeness (QED) is 0.842. The van der Waals surface area contributed by atoms with Crippen LogP contribution in [0.25, 0.3) is 0 Å². The summed E-state index contributed by atoms with van der Waals surface area (Å²) in [6.07, 6.45) is 0.492. The molecule has 1 aromatic heterocycles. The molecule has 1 aliphatic rings. The number of aliphatic carboxylic acids is 1. The average Bonchev–Trinajstić information content (AvgIpc) is 2.97. The monoisotopic (exact) mass is 267 g/mol. The lowest BCUT2D eigenvalue weighted by atomic mass is 10.1. The van der Waals surface area contributed by atoms with Crippen molar-refractivity contribution in [1.29, 1.82) is 0 Å². The Bertz CT molecular complexity index is 508. The molecule has 18 heavy (non-hydrogen) atoms. The molecule has 0 radical (unpaired) electrons. The number of carboxylic acids is 1. The van der Waals surface area contributed by atoms with E-state index < -0.39 is 11.9 Å². The molecule has 0 aliphatic carbocycles. The lowest BCUT2D eigenvalue weighted by molar-refractivity contribution is -0.141. The van der Waals surface area contributed by atoms with Gasteiger partial charge in [0, 0.05) is 24.0 Å². The second kappa shape index (κ2) is 4.89. The van der Waals surface area contributed by atoms with Gasteiger partial charge in [0.25, 0.3) is 5.91 Å². The van der Waals surface area contributed by atoms with Crippen LogP contribution in [-0.4, -0.2) is 40.8 Å². The molecule has 0 aromatic carbocycles. The van der Waals surface area contributed by atoms with Crippen molar-refractivity contribution < 1.29 is 19.5 Å². The second-order valence-corrected chi connectivity index (χ2v) is 5.24. The van der Waals surface area contributed by atoms with E-state index in [9.17, 15) is 14.4 Å². The molecule has 0 bridgehead atoms. The average molecular weight is 267 g/mol. The van der Waals surface area contributed by atoms with E-state index in [1.54, 1.807) is 11.4 Å². The third-order valence-corrected chi connectivity index (χ3v) is 3.96. The van der Waals surface area contributed by atoms with Gasteiger partial charge in [0.1, 0.15) is 0 Å². The summed E-state index contributed by atoms with van der Waals surface area (Å²) in [5, 5.41) is 10.5. The standard InChI is InChI=1S/C12H13NO4S/c1-7(14)9-4-10(18-6-9)11(15)13-3-2-8(5-13)12(16)17/h4,6,8H,2-3,5H2,1H3,(H,16,17). The van der Waals surface area contributed by atoms with Crippen LogP contribution < -0.4 is 0 Å². The van der Waals surface area contributed by atoms with E-state index >= 15 is 0 Å². The van der Waals surface area contributed by atoms with Crippen molar-refractivity contribution >= 4 is 29.0 Å². The first kappa shape index (κ1) is 12.8. The largest absolute Gasteiger partial charge is 0.481 e. The van der Waals surface area contributed by atoms with Crippen molar-refractivity contribution in [2.24, 2.45) is 5.92 Å². The summed E-state index contributed by atoms with van der Waals surface area (Å²) in [5.74, 6) is -1.59. The van der Waals surface area contributed by atoms with Crippen LogP contribution in [0.1, 0.15) is 33.4 Å². The maximum Gasteiger partial charge on any atom is 0.308 e. The van der Waals surface area contributed by atoms with Gasteiger partial charge in [-0.1, -0.05) is 0 Å². The smallest absolute Gasteiger partial charge is 0.308 e. The summed E-state index contributed by atoms with van der Waals surface area (Å²) in [5.41, 5.74) is 0.525. The summed E-state index contributed by atoms with van der Waals surface area (Å²) in [4.78, 5) is 36.1. The number of nitrogens with zero attached hydrogens (tertiary/aromatic N) is 1. The van der Waals surface area contributed by atoms with Gasteiger partial charge < -0.3 is 10.0 Å². The SMILES string of the molecule is CC(=O)c1csc(C(=O)N2CCC(C(=O)O)C2)c1. The molecule has 1 amide bonds. The van der Waals surface area contributed by atoms with Crippen LogP contribution in [0.5, 0.6) is 0 Å². The number of ketones is 1. The highest BCUT2D eigenvalue weighted by Gasteiger charge is 2.31. The molecular formula is C12H13NO4S. The van der Waals surface area contributed by atoms with E-state index in [0.29, 0.717) is 23.4 Å². The molecule has 1 N–H and O–H groups in total. The first-order valence-electron chi connectivity index (χ1n) is 5.60. The Hall–Kier alpha value is -1.69. The molecule has 5 nitrogen and oxygen atoms in total. The number of carbonyl (C=O) groups is 3. The van der Waals surface area contributed by atoms with Crippen LogP contribution >= 0.6 is 11.3 Å². The number of carboxylic acid groups (broad SMARTS) is 1. The highest BCUT2D eigenvalue weighted by Crippen LogP contribution is 2.22. The van der Waals surface area contributed by atoms with Crippen molar-refractivity contribution in [2.45, 2.75) is 13.3 Å². The zero-order valence-electron chi connectivity index (χ0n) is 9.88. The minimum Gasteiger partial charge on any atom is -0.481 e. The Kier molecular flexibility index (Phi) is 3.47. The predicted molar refractivity (Wildman–Crippen MR) is 66.0 cm³/mol. The van der Waals surface area contributed by atoms with Gasteiger partial charge in [0.2, 0.25) is 0 Å². The Morgan fingerprint density at radius 2 is 2.17 bits per heavy atom. The molecule has 2 rings (SSSR count). The maximum absolute atomic E-state index is 12.1. The summed E-state index contributed by atoms with van der Waals surface area (Å²) in [6.45, 7) is 2.16. The van der Waals surface area contributed by atoms with Crippen molar-refractivity contribution in [3.63, 3.8) is 0 Å². The van der Waals surface area contributed by atoms with Crippen molar-refractivity contribution in [1.82, 2.24) is 4.90 Å². The molecule has 0 saturated carbocycles. The summed E-state index contributed by atoms with van der Waals surface area (Å²) in [6, 6.07) is 1.57. The summed E-state index contributed by atoms with van der Waals surface area (Å²) in [7, 11) is 0. The van der Waals surface area contributed by atoms with Gasteiger partial charge in [0.05, 0.1) is 10.8 Å². The molecular weight excluding hydrogens is 254 g/mol. The van der Waals surface area contributed by atoms with Crippen LogP contribution in [-0.2, 0) is 4.79 Å². The third kappa shape index (κ3) is 2.43. The van der Waals surface area contributed by atoms with Gasteiger partial charge in [-0.05, 0) is 19.4 Å². The molecule has 1 aliphatic heterocycles. The fraction of sp³-hybridized carbons (Fsp3) is 0.417. The predicted octanol–water partition coefficient (Wildman–Crippen LogP) is 1.50. The number of hydrogen-bond donors (Lipinski definition) is 1. The van der Waals surface area contributed by atoms with Crippen LogP contribution in [0.4, 0.5) is 0 Å². The van der Waals surface area contributed by atoms with E-state index in [1.807, 2.05) is 0 Å². The lowest BCUT2D eigenvalue weighted by Crippen LogP contribution is -2.29. The molecule has 1 fully saturated rings. The molecule has 2 heterocycles. The number of hydrogen-bond acceptors (Lipinski definition) is 4. The fourth-order valence-electron chi connectivity index (χ4n) is 1.94. The van der Waals surface area contributed by atoms with Crippen LogP contribution in [0.15, 0.2) is 11.4 Å². The van der Waals surface area contributed by atoms with E-state index in [-0.39, 0.29) is 18.2 Å². The highest BCUT2D eigenvalue weighted by molar-refractivity contribution is 7.12. The van der Waals surface area contributed by atoms with Crippen LogP contribution in [0.2, 0.25) is 0 Å². The van der Waals surface area contributed by atoms with Gasteiger partial charge in [-0.25, -0.2) is 0 Å². The Balaban J connectivity index is 2.08. The molecule has 96 valence electrons. The van der Waals surface area contributed by atoms with Crippen molar-refractivity contribution in [2.75, 3.05) is 13.1 Å². The van der Waals surface area contributed by atoms with E-state index in [2.05, 4.69) is 0 Å². The van der Waals surface area contributed by atoms with Gasteiger partial charge in [-0.2, -0.15) is 0 Å². The zero-order valence-corrected chi connectivity index (χ0v) is 10.7. The topological polar surface area (TPSA) is 74.7 Å². The molecule has 1 unspecified atom stereocenters. The van der Waals surface area contributed by atoms with E-state index in [0.717, 1.165) is 0 Å². The number of carbonyl (C=O) groups excluding carboxylic acids is 2. The second-order valence-electron chi connectivity index (χ2n) is 4.33. The number of Topliss-reactive ketones (excluding diaryl/α,β-unsaturated/α-hetero) is 1. The molecule has 1 aromatic rings. The van der Waals surface area contributed by atoms with E-state index in [4.69, 9.17) is 5.11 Å². The Morgan fingerprint density at radius 3 is 2.67 bits per heavy atom. The summed E-state index contributed by atoms with van der Waals surface area (Å²) < 4.78 is 0. The normalized spacial score (nSPS) is 18.9. The molecule has 0 spiro atoms.